The first-order valence-corrected chi connectivity index (χ1v) is 9.92. The summed E-state index contributed by atoms with van der Waals surface area (Å²) in [4.78, 5) is 0. The molecule has 0 saturated heterocycles. The summed E-state index contributed by atoms with van der Waals surface area (Å²) < 4.78 is 6.54. The highest BCUT2D eigenvalue weighted by Gasteiger charge is 2.30. The monoisotopic (exact) mass is 365 g/mol. The van der Waals surface area contributed by atoms with Gasteiger partial charge in [0, 0.05) is 35.2 Å². The van der Waals surface area contributed by atoms with Gasteiger partial charge in [0.1, 0.15) is 12.8 Å². The lowest BCUT2D eigenvalue weighted by Gasteiger charge is -2.18. The Morgan fingerprint density at radius 1 is 1.42 bits per heavy atom. The fourth-order valence-electron chi connectivity index (χ4n) is 3.08. The van der Waals surface area contributed by atoms with Crippen molar-refractivity contribution in [2.75, 3.05) is 6.26 Å². The molecule has 2 unspecified atom stereocenters. The van der Waals surface area contributed by atoms with E-state index in [1.807, 2.05) is 60.6 Å². The molecule has 1 heterocycles. The van der Waals surface area contributed by atoms with E-state index in [2.05, 4.69) is 17.4 Å². The zero-order valence-electron chi connectivity index (χ0n) is 15.4. The van der Waals surface area contributed by atoms with E-state index in [0.717, 1.165) is 28.2 Å². The second-order valence-corrected chi connectivity index (χ2v) is 7.32. The molecule has 3 rings (SSSR count). The van der Waals surface area contributed by atoms with Crippen molar-refractivity contribution in [2.45, 2.75) is 13.3 Å². The third-order valence-corrected chi connectivity index (χ3v) is 5.16. The number of pyridine rings is 1. The van der Waals surface area contributed by atoms with Crippen LogP contribution in [0.15, 0.2) is 70.6 Å². The summed E-state index contributed by atoms with van der Waals surface area (Å²) in [5.74, 6) is 1.39. The van der Waals surface area contributed by atoms with E-state index in [9.17, 15) is 0 Å². The van der Waals surface area contributed by atoms with Crippen molar-refractivity contribution in [3.8, 4) is 0 Å². The number of allylic oxidation sites excluding steroid dienone is 7. The minimum atomic E-state index is 0.411. The van der Waals surface area contributed by atoms with Gasteiger partial charge in [-0.05, 0) is 41.8 Å². The van der Waals surface area contributed by atoms with E-state index in [4.69, 9.17) is 11.1 Å². The number of nitrogens with one attached hydrogen (secondary N) is 1. The third-order valence-electron chi connectivity index (χ3n) is 4.80. The van der Waals surface area contributed by atoms with Crippen LogP contribution in [0.2, 0.25) is 0 Å². The van der Waals surface area contributed by atoms with Crippen LogP contribution >= 0.6 is 11.9 Å². The predicted octanol–water partition coefficient (Wildman–Crippen LogP) is 3.63. The van der Waals surface area contributed by atoms with Gasteiger partial charge in [-0.3, -0.25) is 5.41 Å². The summed E-state index contributed by atoms with van der Waals surface area (Å²) >= 11 is 1.37. The fraction of sp³-hybridized carbons (Fsp3) is 0.286. The molecule has 0 spiro atoms. The molecule has 5 heteroatoms. The number of aromatic nitrogens is 1. The van der Waals surface area contributed by atoms with Gasteiger partial charge in [-0.1, -0.05) is 31.2 Å². The summed E-state index contributed by atoms with van der Waals surface area (Å²) in [6.45, 7) is 2.25. The van der Waals surface area contributed by atoms with Crippen LogP contribution in [0.1, 0.15) is 18.9 Å². The molecule has 26 heavy (non-hydrogen) atoms. The van der Waals surface area contributed by atoms with Crippen molar-refractivity contribution in [3.63, 3.8) is 0 Å². The van der Waals surface area contributed by atoms with Crippen molar-refractivity contribution < 1.29 is 4.57 Å². The van der Waals surface area contributed by atoms with E-state index in [0.29, 0.717) is 17.3 Å². The Morgan fingerprint density at radius 3 is 2.81 bits per heavy atom. The summed E-state index contributed by atoms with van der Waals surface area (Å²) in [7, 11) is 1.99. The van der Waals surface area contributed by atoms with Gasteiger partial charge in [0.15, 0.2) is 12.4 Å². The maximum atomic E-state index is 8.72. The number of aryl methyl sites for hydroxylation is 1. The number of rotatable bonds is 5. The SMILES string of the molecule is CSN=C1C(=N)C(C(C=CC2CC2C)=CN)=CC=C1c1ccc[n+](C)c1. The Kier molecular flexibility index (Phi) is 5.57. The van der Waals surface area contributed by atoms with Gasteiger partial charge in [-0.2, -0.15) is 0 Å². The van der Waals surface area contributed by atoms with Gasteiger partial charge in [0.25, 0.3) is 0 Å². The summed E-state index contributed by atoms with van der Waals surface area (Å²) in [6.07, 6.45) is 17.0. The van der Waals surface area contributed by atoms with E-state index < -0.39 is 0 Å². The quantitative estimate of drug-likeness (QED) is 0.362. The molecule has 1 aromatic rings. The lowest BCUT2D eigenvalue weighted by Crippen LogP contribution is -2.28. The first-order valence-electron chi connectivity index (χ1n) is 8.74. The van der Waals surface area contributed by atoms with E-state index in [1.54, 1.807) is 6.20 Å². The molecule has 134 valence electrons. The average Bonchev–Trinajstić information content (AvgIpc) is 3.33. The van der Waals surface area contributed by atoms with Crippen molar-refractivity contribution in [2.24, 2.45) is 29.0 Å². The van der Waals surface area contributed by atoms with Gasteiger partial charge in [-0.15, -0.1) is 0 Å². The first-order chi connectivity index (χ1) is 12.5. The van der Waals surface area contributed by atoms with Gasteiger partial charge >= 0.3 is 0 Å². The fourth-order valence-corrected chi connectivity index (χ4v) is 3.45. The van der Waals surface area contributed by atoms with Crippen LogP contribution < -0.4 is 10.3 Å². The van der Waals surface area contributed by atoms with Crippen molar-refractivity contribution in [1.82, 2.24) is 0 Å². The van der Waals surface area contributed by atoms with Crippen LogP contribution in [0.5, 0.6) is 0 Å². The molecular weight excluding hydrogens is 340 g/mol. The third kappa shape index (κ3) is 3.88. The maximum Gasteiger partial charge on any atom is 0.176 e. The normalized spacial score (nSPS) is 24.8. The molecule has 0 amide bonds. The van der Waals surface area contributed by atoms with Crippen LogP contribution in [0.3, 0.4) is 0 Å². The molecule has 2 aliphatic carbocycles. The Hall–Kier alpha value is -2.40. The second kappa shape index (κ2) is 7.87. The highest BCUT2D eigenvalue weighted by molar-refractivity contribution is 7.97. The van der Waals surface area contributed by atoms with E-state index in [-0.39, 0.29) is 0 Å². The van der Waals surface area contributed by atoms with Crippen molar-refractivity contribution in [3.05, 3.63) is 71.7 Å². The topological polar surface area (TPSA) is 66.1 Å². The summed E-state index contributed by atoms with van der Waals surface area (Å²) in [5.41, 5.74) is 10.7. The molecule has 2 aliphatic rings. The van der Waals surface area contributed by atoms with Crippen LogP contribution in [0.25, 0.3) is 5.57 Å². The van der Waals surface area contributed by atoms with Crippen LogP contribution in [0, 0.1) is 17.2 Å². The second-order valence-electron chi connectivity index (χ2n) is 6.77. The summed E-state index contributed by atoms with van der Waals surface area (Å²) in [6, 6.07) is 4.04. The Balaban J connectivity index is 1.98. The molecule has 0 radical (unpaired) electrons. The molecular formula is C21H25N4S+. The zero-order valence-corrected chi connectivity index (χ0v) is 16.3. The molecule has 4 nitrogen and oxygen atoms in total. The minimum absolute atomic E-state index is 0.411. The molecule has 0 aromatic carbocycles. The minimum Gasteiger partial charge on any atom is -0.404 e. The highest BCUT2D eigenvalue weighted by Crippen LogP contribution is 2.39. The largest absolute Gasteiger partial charge is 0.404 e. The Morgan fingerprint density at radius 2 is 2.19 bits per heavy atom. The molecule has 1 aromatic heterocycles. The van der Waals surface area contributed by atoms with Crippen molar-refractivity contribution in [1.29, 1.82) is 5.41 Å². The van der Waals surface area contributed by atoms with Gasteiger partial charge in [0.05, 0.1) is 5.71 Å². The van der Waals surface area contributed by atoms with Crippen LogP contribution in [-0.2, 0) is 7.05 Å². The van der Waals surface area contributed by atoms with Crippen molar-refractivity contribution >= 4 is 28.9 Å². The van der Waals surface area contributed by atoms with E-state index in [1.165, 1.54) is 18.4 Å². The molecule has 2 atom stereocenters. The van der Waals surface area contributed by atoms with Crippen LogP contribution in [-0.4, -0.2) is 17.7 Å². The van der Waals surface area contributed by atoms with Gasteiger partial charge in [0.2, 0.25) is 0 Å². The number of hydrogen-bond acceptors (Lipinski definition) is 4. The van der Waals surface area contributed by atoms with Gasteiger partial charge < -0.3 is 5.73 Å². The Bertz CT molecular complexity index is 874. The first kappa shape index (κ1) is 18.4. The smallest absolute Gasteiger partial charge is 0.176 e. The molecule has 3 N–H and O–H groups in total. The molecule has 1 saturated carbocycles. The predicted molar refractivity (Wildman–Crippen MR) is 111 cm³/mol. The van der Waals surface area contributed by atoms with E-state index >= 15 is 0 Å². The number of nitrogens with zero attached hydrogens (tertiary/aromatic N) is 2. The number of hydrogen-bond donors (Lipinski definition) is 2. The standard InChI is InChI=1S/C21H25N4S/c1-14-11-15(14)6-7-16(12-22)18-8-9-19(21(20(18)23)24-26-3)17-5-4-10-25(2)13-17/h4-10,12-15,23H,11,22H2,1-3H3/q+1. The van der Waals surface area contributed by atoms with Crippen LogP contribution in [0.4, 0.5) is 0 Å². The lowest BCUT2D eigenvalue weighted by molar-refractivity contribution is -0.671. The summed E-state index contributed by atoms with van der Waals surface area (Å²) in [5, 5.41) is 8.72. The zero-order chi connectivity index (χ0) is 18.7. The molecule has 1 fully saturated rings. The average molecular weight is 366 g/mol. The molecule has 0 bridgehead atoms. The maximum absolute atomic E-state index is 8.72. The highest BCUT2D eigenvalue weighted by atomic mass is 32.2. The number of nitrogens with two attached hydrogens (primary N) is 1. The Labute approximate surface area is 159 Å². The van der Waals surface area contributed by atoms with Gasteiger partial charge in [-0.25, -0.2) is 8.96 Å². The lowest BCUT2D eigenvalue weighted by atomic mass is 9.87. The molecule has 0 aliphatic heterocycles.